The first-order valence-corrected chi connectivity index (χ1v) is 9.27. The Morgan fingerprint density at radius 3 is 2.52 bits per heavy atom. The van der Waals surface area contributed by atoms with Crippen molar-refractivity contribution in [3.63, 3.8) is 0 Å². The number of imidazole rings is 1. The van der Waals surface area contributed by atoms with Crippen molar-refractivity contribution in [3.05, 3.63) is 46.4 Å². The van der Waals surface area contributed by atoms with Crippen LogP contribution in [-0.2, 0) is 0 Å². The highest BCUT2D eigenvalue weighted by atomic mass is 16.5. The third-order valence-corrected chi connectivity index (χ3v) is 5.03. The van der Waals surface area contributed by atoms with Crippen LogP contribution >= 0.6 is 0 Å². The van der Waals surface area contributed by atoms with E-state index in [0.29, 0.717) is 17.1 Å². The Bertz CT molecular complexity index is 1000. The molecule has 1 aromatic carbocycles. The van der Waals surface area contributed by atoms with E-state index in [2.05, 4.69) is 35.9 Å². The van der Waals surface area contributed by atoms with E-state index >= 15 is 0 Å². The number of benzene rings is 1. The number of aliphatic hydroxyl groups excluding tert-OH is 1. The van der Waals surface area contributed by atoms with Gasteiger partial charge in [-0.2, -0.15) is 0 Å². The van der Waals surface area contributed by atoms with E-state index in [0.717, 1.165) is 17.0 Å². The number of H-pyrrole nitrogens is 1. The molecule has 0 aliphatic heterocycles. The molecule has 0 aliphatic rings. The molecule has 0 saturated heterocycles. The maximum Gasteiger partial charge on any atom is 0.328 e. The number of hydrogen-bond acceptors (Lipinski definition) is 4. The zero-order valence-electron chi connectivity index (χ0n) is 16.5. The number of nitrogens with zero attached hydrogens (tertiary/aromatic N) is 2. The first kappa shape index (κ1) is 19.2. The van der Waals surface area contributed by atoms with Crippen molar-refractivity contribution >= 4 is 11.2 Å². The third-order valence-electron chi connectivity index (χ3n) is 5.03. The van der Waals surface area contributed by atoms with Gasteiger partial charge in [-0.25, -0.2) is 9.78 Å². The third kappa shape index (κ3) is 3.49. The van der Waals surface area contributed by atoms with E-state index in [4.69, 9.17) is 4.74 Å². The molecule has 27 heavy (non-hydrogen) atoms. The Morgan fingerprint density at radius 1 is 1.19 bits per heavy atom. The van der Waals surface area contributed by atoms with E-state index < -0.39 is 0 Å². The summed E-state index contributed by atoms with van der Waals surface area (Å²) in [5.74, 6) is 1.24. The van der Waals surface area contributed by atoms with Gasteiger partial charge in [0.05, 0.1) is 31.0 Å². The summed E-state index contributed by atoms with van der Waals surface area (Å²) in [7, 11) is 1.64. The lowest BCUT2D eigenvalue weighted by Gasteiger charge is -2.19. The van der Waals surface area contributed by atoms with Crippen molar-refractivity contribution in [2.45, 2.75) is 39.7 Å². The van der Waals surface area contributed by atoms with Gasteiger partial charge in [-0.05, 0) is 41.7 Å². The van der Waals surface area contributed by atoms with E-state index in [1.807, 2.05) is 32.0 Å². The standard InChI is InChI=1S/C21H27N3O3/c1-12(2)14-6-9-19(27-5)15(10-14)16-7-8-17-20(22-16)23-21(26)24(17)18(11-25)13(3)4/h6-10,12-13,18,25H,11H2,1-5H3,(H,22,23,26). The molecule has 0 spiro atoms. The van der Waals surface area contributed by atoms with Crippen LogP contribution in [0, 0.1) is 5.92 Å². The van der Waals surface area contributed by atoms with Crippen molar-refractivity contribution in [2.75, 3.05) is 13.7 Å². The van der Waals surface area contributed by atoms with Crippen LogP contribution in [0.3, 0.4) is 0 Å². The molecule has 1 atom stereocenters. The number of aromatic amines is 1. The Balaban J connectivity index is 2.17. The zero-order chi connectivity index (χ0) is 19.7. The summed E-state index contributed by atoms with van der Waals surface area (Å²) in [6.07, 6.45) is 0. The van der Waals surface area contributed by atoms with Crippen molar-refractivity contribution in [1.82, 2.24) is 14.5 Å². The second kappa shape index (κ2) is 7.56. The number of methoxy groups -OCH3 is 1. The van der Waals surface area contributed by atoms with Crippen LogP contribution in [0.25, 0.3) is 22.4 Å². The summed E-state index contributed by atoms with van der Waals surface area (Å²) >= 11 is 0. The normalized spacial score (nSPS) is 12.9. The number of aromatic nitrogens is 3. The lowest BCUT2D eigenvalue weighted by atomic mass is 9.98. The van der Waals surface area contributed by atoms with Crippen molar-refractivity contribution in [2.24, 2.45) is 5.92 Å². The predicted octanol–water partition coefficient (Wildman–Crippen LogP) is 3.71. The average Bonchev–Trinajstić information content (AvgIpc) is 2.96. The molecule has 6 nitrogen and oxygen atoms in total. The second-order valence-corrected chi connectivity index (χ2v) is 7.47. The maximum atomic E-state index is 12.5. The highest BCUT2D eigenvalue weighted by Gasteiger charge is 2.21. The Labute approximate surface area is 158 Å². The topological polar surface area (TPSA) is 80.1 Å². The zero-order valence-corrected chi connectivity index (χ0v) is 16.5. The molecule has 0 aliphatic carbocycles. The minimum Gasteiger partial charge on any atom is -0.496 e. The van der Waals surface area contributed by atoms with Gasteiger partial charge < -0.3 is 9.84 Å². The molecule has 2 heterocycles. The Kier molecular flexibility index (Phi) is 5.37. The summed E-state index contributed by atoms with van der Waals surface area (Å²) in [6.45, 7) is 8.14. The molecule has 0 saturated carbocycles. The lowest BCUT2D eigenvalue weighted by molar-refractivity contribution is 0.193. The first-order valence-electron chi connectivity index (χ1n) is 9.27. The van der Waals surface area contributed by atoms with Gasteiger partial charge >= 0.3 is 5.69 Å². The van der Waals surface area contributed by atoms with E-state index in [1.165, 1.54) is 5.56 Å². The molecular formula is C21H27N3O3. The number of nitrogens with one attached hydrogen (secondary N) is 1. The molecule has 2 N–H and O–H groups in total. The van der Waals surface area contributed by atoms with E-state index in [9.17, 15) is 9.90 Å². The van der Waals surface area contributed by atoms with Crippen LogP contribution in [-0.4, -0.2) is 33.4 Å². The van der Waals surface area contributed by atoms with E-state index in [-0.39, 0.29) is 24.3 Å². The molecule has 3 aromatic rings. The highest BCUT2D eigenvalue weighted by Crippen LogP contribution is 2.33. The van der Waals surface area contributed by atoms with Gasteiger partial charge in [-0.15, -0.1) is 0 Å². The molecule has 0 amide bonds. The molecule has 144 valence electrons. The fourth-order valence-electron chi connectivity index (χ4n) is 3.36. The van der Waals surface area contributed by atoms with Crippen LogP contribution in [0.5, 0.6) is 5.75 Å². The smallest absolute Gasteiger partial charge is 0.328 e. The monoisotopic (exact) mass is 369 g/mol. The van der Waals surface area contributed by atoms with E-state index in [1.54, 1.807) is 11.7 Å². The fourth-order valence-corrected chi connectivity index (χ4v) is 3.36. The molecular weight excluding hydrogens is 342 g/mol. The summed E-state index contributed by atoms with van der Waals surface area (Å²) in [5.41, 5.74) is 3.76. The van der Waals surface area contributed by atoms with Gasteiger partial charge in [0, 0.05) is 5.56 Å². The van der Waals surface area contributed by atoms with Crippen molar-refractivity contribution in [3.8, 4) is 17.0 Å². The fraction of sp³-hybridized carbons (Fsp3) is 0.429. The van der Waals surface area contributed by atoms with Gasteiger partial charge in [0.2, 0.25) is 0 Å². The minimum absolute atomic E-state index is 0.101. The summed E-state index contributed by atoms with van der Waals surface area (Å²) in [4.78, 5) is 20.0. The largest absolute Gasteiger partial charge is 0.496 e. The van der Waals surface area contributed by atoms with Crippen LogP contribution < -0.4 is 10.4 Å². The molecule has 2 aromatic heterocycles. The SMILES string of the molecule is COc1ccc(C(C)C)cc1-c1ccc2c(n1)[nH]c(=O)n2C(CO)C(C)C. The van der Waals surface area contributed by atoms with Gasteiger partial charge in [-0.1, -0.05) is 33.8 Å². The number of ether oxygens (including phenoxy) is 1. The highest BCUT2D eigenvalue weighted by molar-refractivity contribution is 5.78. The van der Waals surface area contributed by atoms with Crippen LogP contribution in [0.15, 0.2) is 35.1 Å². The first-order chi connectivity index (χ1) is 12.9. The Morgan fingerprint density at radius 2 is 1.93 bits per heavy atom. The Hall–Kier alpha value is -2.60. The van der Waals surface area contributed by atoms with Gasteiger partial charge in [0.1, 0.15) is 5.75 Å². The number of hydrogen-bond donors (Lipinski definition) is 2. The second-order valence-electron chi connectivity index (χ2n) is 7.47. The van der Waals surface area contributed by atoms with Crippen molar-refractivity contribution in [1.29, 1.82) is 0 Å². The van der Waals surface area contributed by atoms with Crippen LogP contribution in [0.4, 0.5) is 0 Å². The lowest BCUT2D eigenvalue weighted by Crippen LogP contribution is -2.28. The van der Waals surface area contributed by atoms with Gasteiger partial charge in [0.25, 0.3) is 0 Å². The molecule has 6 heteroatoms. The average molecular weight is 369 g/mol. The summed E-state index contributed by atoms with van der Waals surface area (Å²) < 4.78 is 7.11. The minimum atomic E-state index is -0.294. The molecule has 3 rings (SSSR count). The van der Waals surface area contributed by atoms with Gasteiger partial charge in [0.15, 0.2) is 5.65 Å². The number of rotatable bonds is 6. The summed E-state index contributed by atoms with van der Waals surface area (Å²) in [5, 5.41) is 9.73. The summed E-state index contributed by atoms with van der Waals surface area (Å²) in [6, 6.07) is 9.56. The maximum absolute atomic E-state index is 12.5. The predicted molar refractivity (Wildman–Crippen MR) is 107 cm³/mol. The quantitative estimate of drug-likeness (QED) is 0.694. The van der Waals surface area contributed by atoms with Crippen LogP contribution in [0.1, 0.15) is 45.2 Å². The molecule has 0 bridgehead atoms. The molecule has 0 radical (unpaired) electrons. The number of pyridine rings is 1. The number of aliphatic hydroxyl groups is 1. The van der Waals surface area contributed by atoms with Crippen molar-refractivity contribution < 1.29 is 9.84 Å². The number of fused-ring (bicyclic) bond motifs is 1. The van der Waals surface area contributed by atoms with Crippen LogP contribution in [0.2, 0.25) is 0 Å². The van der Waals surface area contributed by atoms with Gasteiger partial charge in [-0.3, -0.25) is 9.55 Å². The molecule has 1 unspecified atom stereocenters. The molecule has 0 fully saturated rings.